The molecule has 0 saturated heterocycles. The topological polar surface area (TPSA) is 59.8 Å². The van der Waals surface area contributed by atoms with Gasteiger partial charge in [-0.05, 0) is 43.3 Å². The van der Waals surface area contributed by atoms with Gasteiger partial charge in [-0.3, -0.25) is 9.36 Å². The molecule has 0 aliphatic rings. The highest BCUT2D eigenvalue weighted by Gasteiger charge is 2.19. The number of carbonyl (C=O) groups is 1. The first-order valence-corrected chi connectivity index (χ1v) is 10.8. The summed E-state index contributed by atoms with van der Waals surface area (Å²) in [7, 11) is 0. The fourth-order valence-electron chi connectivity index (χ4n) is 2.99. The van der Waals surface area contributed by atoms with E-state index < -0.39 is 5.82 Å². The molecule has 0 atom stereocenters. The van der Waals surface area contributed by atoms with Gasteiger partial charge in [0.2, 0.25) is 5.91 Å². The lowest BCUT2D eigenvalue weighted by atomic mass is 10.2. The minimum Gasteiger partial charge on any atom is -0.324 e. The van der Waals surface area contributed by atoms with Crippen molar-refractivity contribution in [3.63, 3.8) is 0 Å². The molecule has 3 aromatic carbocycles. The van der Waals surface area contributed by atoms with E-state index in [4.69, 9.17) is 11.6 Å². The van der Waals surface area contributed by atoms with E-state index >= 15 is 0 Å². The van der Waals surface area contributed by atoms with Gasteiger partial charge in [0.25, 0.3) is 0 Å². The molecule has 1 heterocycles. The summed E-state index contributed by atoms with van der Waals surface area (Å²) in [5.74, 6) is -0.164. The van der Waals surface area contributed by atoms with E-state index in [-0.39, 0.29) is 11.7 Å². The van der Waals surface area contributed by atoms with E-state index in [1.54, 1.807) is 47.0 Å². The third kappa shape index (κ3) is 4.78. The Bertz CT molecular complexity index is 1230. The van der Waals surface area contributed by atoms with Crippen LogP contribution in [0.5, 0.6) is 0 Å². The van der Waals surface area contributed by atoms with Crippen molar-refractivity contribution in [2.75, 3.05) is 11.1 Å². The van der Waals surface area contributed by atoms with Crippen molar-refractivity contribution in [1.82, 2.24) is 14.8 Å². The third-order valence-corrected chi connectivity index (χ3v) is 5.78. The number of halogens is 2. The van der Waals surface area contributed by atoms with Crippen LogP contribution in [0, 0.1) is 12.7 Å². The number of amides is 1. The molecular formula is C23H18ClFN4OS. The Morgan fingerprint density at radius 1 is 1.03 bits per heavy atom. The molecule has 0 aliphatic carbocycles. The highest BCUT2D eigenvalue weighted by molar-refractivity contribution is 7.99. The van der Waals surface area contributed by atoms with Crippen molar-refractivity contribution in [3.8, 4) is 17.1 Å². The smallest absolute Gasteiger partial charge is 0.234 e. The fraction of sp³-hybridized carbons (Fsp3) is 0.0870. The van der Waals surface area contributed by atoms with E-state index in [1.165, 1.54) is 17.8 Å². The molecule has 1 N–H and O–H groups in total. The molecule has 31 heavy (non-hydrogen) atoms. The molecule has 8 heteroatoms. The second-order valence-corrected chi connectivity index (χ2v) is 8.12. The number of hydrogen-bond acceptors (Lipinski definition) is 4. The Labute approximate surface area is 188 Å². The largest absolute Gasteiger partial charge is 0.324 e. The maximum atomic E-state index is 14.5. The number of carbonyl (C=O) groups excluding carboxylic acids is 1. The van der Waals surface area contributed by atoms with Crippen molar-refractivity contribution >= 4 is 35.0 Å². The molecule has 1 amide bonds. The van der Waals surface area contributed by atoms with Crippen molar-refractivity contribution < 1.29 is 9.18 Å². The standard InChI is InChI=1S/C23H18ClFN4OS/c1-15-10-12-16(13-11-15)29-22(17-6-2-4-8-19(17)25)27-28-23(29)31-14-21(30)26-20-9-5-3-7-18(20)24/h2-13H,14H2,1H3,(H,26,30). The maximum absolute atomic E-state index is 14.5. The van der Waals surface area contributed by atoms with E-state index in [2.05, 4.69) is 15.5 Å². The number of hydrogen-bond donors (Lipinski definition) is 1. The number of aromatic nitrogens is 3. The number of aryl methyl sites for hydroxylation is 1. The molecule has 156 valence electrons. The molecule has 0 spiro atoms. The second kappa shape index (κ2) is 9.32. The Balaban J connectivity index is 1.63. The first kappa shape index (κ1) is 21.1. The van der Waals surface area contributed by atoms with E-state index in [0.29, 0.717) is 27.3 Å². The zero-order valence-corrected chi connectivity index (χ0v) is 18.1. The van der Waals surface area contributed by atoms with Crippen molar-refractivity contribution in [1.29, 1.82) is 0 Å². The van der Waals surface area contributed by atoms with E-state index in [1.807, 2.05) is 31.2 Å². The lowest BCUT2D eigenvalue weighted by Gasteiger charge is -2.11. The lowest BCUT2D eigenvalue weighted by molar-refractivity contribution is -0.113. The fourth-order valence-corrected chi connectivity index (χ4v) is 3.92. The predicted octanol–water partition coefficient (Wildman–Crippen LogP) is 5.77. The monoisotopic (exact) mass is 452 g/mol. The van der Waals surface area contributed by atoms with Crippen LogP contribution in [0.25, 0.3) is 17.1 Å². The van der Waals surface area contributed by atoms with Crippen LogP contribution in [0.15, 0.2) is 78.0 Å². The first-order valence-electron chi connectivity index (χ1n) is 9.47. The van der Waals surface area contributed by atoms with Crippen LogP contribution >= 0.6 is 23.4 Å². The predicted molar refractivity (Wildman–Crippen MR) is 122 cm³/mol. The normalized spacial score (nSPS) is 10.8. The Hall–Kier alpha value is -3.16. The van der Waals surface area contributed by atoms with Gasteiger partial charge in [-0.25, -0.2) is 4.39 Å². The summed E-state index contributed by atoms with van der Waals surface area (Å²) in [6, 6.07) is 21.2. The van der Waals surface area contributed by atoms with Gasteiger partial charge in [-0.2, -0.15) is 0 Å². The molecule has 0 radical (unpaired) electrons. The van der Waals surface area contributed by atoms with Crippen LogP contribution in [-0.2, 0) is 4.79 Å². The average molecular weight is 453 g/mol. The van der Waals surface area contributed by atoms with Crippen LogP contribution in [0.3, 0.4) is 0 Å². The molecule has 0 bridgehead atoms. The molecule has 5 nitrogen and oxygen atoms in total. The van der Waals surface area contributed by atoms with Crippen LogP contribution in [0.2, 0.25) is 5.02 Å². The second-order valence-electron chi connectivity index (χ2n) is 6.77. The van der Waals surface area contributed by atoms with E-state index in [0.717, 1.165) is 11.3 Å². The zero-order valence-electron chi connectivity index (χ0n) is 16.5. The molecule has 1 aromatic heterocycles. The minimum atomic E-state index is -0.392. The number of anilines is 1. The highest BCUT2D eigenvalue weighted by atomic mass is 35.5. The van der Waals surface area contributed by atoms with Gasteiger partial charge >= 0.3 is 0 Å². The Morgan fingerprint density at radius 3 is 2.48 bits per heavy atom. The summed E-state index contributed by atoms with van der Waals surface area (Å²) in [6.45, 7) is 1.99. The van der Waals surface area contributed by atoms with Crippen molar-refractivity contribution in [2.45, 2.75) is 12.1 Å². The maximum Gasteiger partial charge on any atom is 0.234 e. The summed E-state index contributed by atoms with van der Waals surface area (Å²) in [4.78, 5) is 12.5. The number of nitrogens with one attached hydrogen (secondary N) is 1. The van der Waals surface area contributed by atoms with Crippen LogP contribution in [0.4, 0.5) is 10.1 Å². The summed E-state index contributed by atoms with van der Waals surface area (Å²) in [5.41, 5.74) is 2.75. The first-order chi connectivity index (χ1) is 15.0. The lowest BCUT2D eigenvalue weighted by Crippen LogP contribution is -2.14. The van der Waals surface area contributed by atoms with Gasteiger partial charge in [0.05, 0.1) is 22.0 Å². The average Bonchev–Trinajstić information content (AvgIpc) is 3.18. The van der Waals surface area contributed by atoms with Gasteiger partial charge in [-0.1, -0.05) is 65.3 Å². The van der Waals surface area contributed by atoms with Gasteiger partial charge in [0.15, 0.2) is 11.0 Å². The molecule has 0 saturated carbocycles. The zero-order chi connectivity index (χ0) is 21.8. The number of nitrogens with zero attached hydrogens (tertiary/aromatic N) is 3. The van der Waals surface area contributed by atoms with Gasteiger partial charge in [0, 0.05) is 5.69 Å². The number of para-hydroxylation sites is 1. The van der Waals surface area contributed by atoms with Gasteiger partial charge in [0.1, 0.15) is 5.82 Å². The minimum absolute atomic E-state index is 0.0898. The third-order valence-electron chi connectivity index (χ3n) is 4.52. The SMILES string of the molecule is Cc1ccc(-n2c(SCC(=O)Nc3ccccc3Cl)nnc2-c2ccccc2F)cc1. The highest BCUT2D eigenvalue weighted by Crippen LogP contribution is 2.30. The number of thioether (sulfide) groups is 1. The molecule has 0 aliphatic heterocycles. The molecule has 4 aromatic rings. The quantitative estimate of drug-likeness (QED) is 0.377. The van der Waals surface area contributed by atoms with Crippen LogP contribution < -0.4 is 5.32 Å². The van der Waals surface area contributed by atoms with Crippen molar-refractivity contribution in [3.05, 3.63) is 89.2 Å². The summed E-state index contributed by atoms with van der Waals surface area (Å²) < 4.78 is 16.2. The molecule has 0 fully saturated rings. The molecule has 0 unspecified atom stereocenters. The Morgan fingerprint density at radius 2 is 1.74 bits per heavy atom. The molecular weight excluding hydrogens is 435 g/mol. The van der Waals surface area contributed by atoms with E-state index in [9.17, 15) is 9.18 Å². The van der Waals surface area contributed by atoms with Gasteiger partial charge < -0.3 is 5.32 Å². The van der Waals surface area contributed by atoms with Crippen LogP contribution in [0.1, 0.15) is 5.56 Å². The Kier molecular flexibility index (Phi) is 6.34. The summed E-state index contributed by atoms with van der Waals surface area (Å²) in [5, 5.41) is 12.2. The number of benzene rings is 3. The van der Waals surface area contributed by atoms with Crippen molar-refractivity contribution in [2.24, 2.45) is 0 Å². The summed E-state index contributed by atoms with van der Waals surface area (Å²) >= 11 is 7.32. The number of rotatable bonds is 6. The van der Waals surface area contributed by atoms with Gasteiger partial charge in [-0.15, -0.1) is 10.2 Å². The van der Waals surface area contributed by atoms with Crippen LogP contribution in [-0.4, -0.2) is 26.4 Å². The summed E-state index contributed by atoms with van der Waals surface area (Å²) in [6.07, 6.45) is 0. The molecule has 4 rings (SSSR count).